The van der Waals surface area contributed by atoms with Gasteiger partial charge in [-0.05, 0) is 89.4 Å². The minimum Gasteiger partial charge on any atom is -0.0622 e. The van der Waals surface area contributed by atoms with Crippen molar-refractivity contribution < 1.29 is 0 Å². The Balaban J connectivity index is 1.13. The summed E-state index contributed by atoms with van der Waals surface area (Å²) in [5.74, 6) is 0. The monoisotopic (exact) mass is 610 g/mol. The smallest absolute Gasteiger partial charge is 0.00992 e. The van der Waals surface area contributed by atoms with Crippen LogP contribution in [0.15, 0.2) is 194 Å². The lowest BCUT2D eigenvalue weighted by atomic mass is 9.91. The SMILES string of the molecule is C(=C(c1ccccc1)c1cccc2ccccc12)c1ccc(-c2ccc(C=C(c3ccccc3)c3cccc4ccccc34)cc2)cc1. The molecule has 0 fully saturated rings. The van der Waals surface area contributed by atoms with E-state index in [9.17, 15) is 0 Å². The van der Waals surface area contributed by atoms with Crippen LogP contribution in [0.4, 0.5) is 0 Å². The molecule has 0 amide bonds. The normalized spacial score (nSPS) is 12.0. The molecule has 48 heavy (non-hydrogen) atoms. The van der Waals surface area contributed by atoms with Gasteiger partial charge in [0.25, 0.3) is 0 Å². The summed E-state index contributed by atoms with van der Waals surface area (Å²) in [6.45, 7) is 0. The summed E-state index contributed by atoms with van der Waals surface area (Å²) in [7, 11) is 0. The second-order valence-electron chi connectivity index (χ2n) is 12.1. The zero-order chi connectivity index (χ0) is 32.1. The average molecular weight is 611 g/mol. The van der Waals surface area contributed by atoms with E-state index in [1.54, 1.807) is 0 Å². The van der Waals surface area contributed by atoms with E-state index in [2.05, 4.69) is 206 Å². The van der Waals surface area contributed by atoms with Gasteiger partial charge in [0, 0.05) is 0 Å². The third-order valence-electron chi connectivity index (χ3n) is 9.11. The summed E-state index contributed by atoms with van der Waals surface area (Å²) in [6.07, 6.45) is 4.63. The first-order valence-corrected chi connectivity index (χ1v) is 16.5. The van der Waals surface area contributed by atoms with Crippen molar-refractivity contribution >= 4 is 44.8 Å². The predicted molar refractivity (Wildman–Crippen MR) is 207 cm³/mol. The molecule has 226 valence electrons. The average Bonchev–Trinajstić information content (AvgIpc) is 3.17. The molecular weight excluding hydrogens is 577 g/mol. The summed E-state index contributed by atoms with van der Waals surface area (Å²) < 4.78 is 0. The van der Waals surface area contributed by atoms with Gasteiger partial charge in [0.1, 0.15) is 0 Å². The van der Waals surface area contributed by atoms with Gasteiger partial charge in [-0.2, -0.15) is 0 Å². The molecule has 0 radical (unpaired) electrons. The van der Waals surface area contributed by atoms with Gasteiger partial charge in [0.05, 0.1) is 0 Å². The van der Waals surface area contributed by atoms with E-state index in [4.69, 9.17) is 0 Å². The molecule has 0 aromatic heterocycles. The second kappa shape index (κ2) is 13.2. The van der Waals surface area contributed by atoms with Gasteiger partial charge in [-0.25, -0.2) is 0 Å². The van der Waals surface area contributed by atoms with Crippen molar-refractivity contribution in [3.05, 3.63) is 228 Å². The standard InChI is InChI=1S/C48H34/c1-3-13-41(14-4-1)47(45-23-11-19-39-17-7-9-21-43(39)45)33-35-25-29-37(30-26-35)38-31-27-36(28-32-38)34-48(42-15-5-2-6-16-42)46-24-12-20-40-18-8-10-22-44(40)46/h1-34H. The zero-order valence-corrected chi connectivity index (χ0v) is 26.6. The van der Waals surface area contributed by atoms with Gasteiger partial charge in [0.2, 0.25) is 0 Å². The molecule has 0 nitrogen and oxygen atoms in total. The van der Waals surface area contributed by atoms with E-state index in [0.29, 0.717) is 0 Å². The number of rotatable bonds is 7. The predicted octanol–water partition coefficient (Wildman–Crippen LogP) is 12.8. The first-order chi connectivity index (χ1) is 23.8. The van der Waals surface area contributed by atoms with Crippen LogP contribution in [0.1, 0.15) is 33.4 Å². The third kappa shape index (κ3) is 6.00. The van der Waals surface area contributed by atoms with Crippen molar-refractivity contribution in [1.82, 2.24) is 0 Å². The van der Waals surface area contributed by atoms with E-state index in [1.165, 1.54) is 77.2 Å². The molecule has 0 saturated heterocycles. The maximum absolute atomic E-state index is 2.31. The summed E-state index contributed by atoms with van der Waals surface area (Å²) in [4.78, 5) is 0. The summed E-state index contributed by atoms with van der Waals surface area (Å²) in [6, 6.07) is 69.6. The highest BCUT2D eigenvalue weighted by molar-refractivity contribution is 6.03. The number of hydrogen-bond donors (Lipinski definition) is 0. The van der Waals surface area contributed by atoms with Gasteiger partial charge in [-0.15, -0.1) is 0 Å². The zero-order valence-electron chi connectivity index (χ0n) is 26.6. The Bertz CT molecular complexity index is 2210. The maximum atomic E-state index is 2.31. The Kier molecular flexibility index (Phi) is 8.05. The third-order valence-corrected chi connectivity index (χ3v) is 9.11. The molecule has 0 aliphatic carbocycles. The van der Waals surface area contributed by atoms with Crippen molar-refractivity contribution in [2.75, 3.05) is 0 Å². The molecule has 0 atom stereocenters. The molecule has 8 aromatic rings. The Morgan fingerprint density at radius 2 is 0.646 bits per heavy atom. The summed E-state index contributed by atoms with van der Waals surface area (Å²) in [5, 5.41) is 5.02. The maximum Gasteiger partial charge on any atom is -0.00992 e. The molecule has 0 heterocycles. The Labute approximate surface area is 282 Å². The van der Waals surface area contributed by atoms with Gasteiger partial charge >= 0.3 is 0 Å². The molecule has 0 bridgehead atoms. The van der Waals surface area contributed by atoms with Crippen LogP contribution in [0.25, 0.3) is 56.0 Å². The minimum atomic E-state index is 1.17. The van der Waals surface area contributed by atoms with E-state index in [0.717, 1.165) is 0 Å². The highest BCUT2D eigenvalue weighted by Crippen LogP contribution is 2.34. The van der Waals surface area contributed by atoms with Gasteiger partial charge in [-0.1, -0.05) is 194 Å². The lowest BCUT2D eigenvalue weighted by Crippen LogP contribution is -1.91. The molecule has 0 spiro atoms. The summed E-state index contributed by atoms with van der Waals surface area (Å²) >= 11 is 0. The van der Waals surface area contributed by atoms with E-state index in [-0.39, 0.29) is 0 Å². The van der Waals surface area contributed by atoms with Crippen LogP contribution >= 0.6 is 0 Å². The van der Waals surface area contributed by atoms with Crippen LogP contribution in [-0.2, 0) is 0 Å². The molecule has 0 heteroatoms. The van der Waals surface area contributed by atoms with Crippen molar-refractivity contribution in [3.63, 3.8) is 0 Å². The number of fused-ring (bicyclic) bond motifs is 2. The number of benzene rings is 8. The molecule has 0 saturated carbocycles. The van der Waals surface area contributed by atoms with Crippen molar-refractivity contribution in [2.24, 2.45) is 0 Å². The second-order valence-corrected chi connectivity index (χ2v) is 12.1. The fraction of sp³-hybridized carbons (Fsp3) is 0. The molecular formula is C48H34. The molecule has 8 aromatic carbocycles. The molecule has 0 aliphatic heterocycles. The van der Waals surface area contributed by atoms with Crippen LogP contribution in [0, 0.1) is 0 Å². The lowest BCUT2D eigenvalue weighted by molar-refractivity contribution is 1.56. The lowest BCUT2D eigenvalue weighted by Gasteiger charge is -2.13. The molecule has 0 unspecified atom stereocenters. The van der Waals surface area contributed by atoms with Crippen LogP contribution in [0.5, 0.6) is 0 Å². The van der Waals surface area contributed by atoms with E-state index >= 15 is 0 Å². The van der Waals surface area contributed by atoms with E-state index < -0.39 is 0 Å². The fourth-order valence-corrected chi connectivity index (χ4v) is 6.67. The first kappa shape index (κ1) is 29.2. The highest BCUT2D eigenvalue weighted by Gasteiger charge is 2.11. The van der Waals surface area contributed by atoms with Crippen molar-refractivity contribution in [1.29, 1.82) is 0 Å². The minimum absolute atomic E-state index is 1.17. The largest absolute Gasteiger partial charge is 0.0622 e. The molecule has 8 rings (SSSR count). The molecule has 0 N–H and O–H groups in total. The Morgan fingerprint density at radius 3 is 1.06 bits per heavy atom. The van der Waals surface area contributed by atoms with E-state index in [1.807, 2.05) is 0 Å². The topological polar surface area (TPSA) is 0 Å². The van der Waals surface area contributed by atoms with Crippen LogP contribution in [-0.4, -0.2) is 0 Å². The quantitative estimate of drug-likeness (QED) is 0.158. The molecule has 0 aliphatic rings. The van der Waals surface area contributed by atoms with Crippen LogP contribution < -0.4 is 0 Å². The first-order valence-electron chi connectivity index (χ1n) is 16.5. The fourth-order valence-electron chi connectivity index (χ4n) is 6.67. The summed E-state index contributed by atoms with van der Waals surface area (Å²) in [5.41, 5.74) is 12.1. The highest BCUT2D eigenvalue weighted by atomic mass is 14.1. The van der Waals surface area contributed by atoms with Gasteiger partial charge in [-0.3, -0.25) is 0 Å². The van der Waals surface area contributed by atoms with Crippen molar-refractivity contribution in [3.8, 4) is 11.1 Å². The Hall–Kier alpha value is -6.24. The number of hydrogen-bond acceptors (Lipinski definition) is 0. The van der Waals surface area contributed by atoms with Crippen LogP contribution in [0.3, 0.4) is 0 Å². The van der Waals surface area contributed by atoms with Crippen molar-refractivity contribution in [2.45, 2.75) is 0 Å². The van der Waals surface area contributed by atoms with Gasteiger partial charge < -0.3 is 0 Å². The Morgan fingerprint density at radius 1 is 0.292 bits per heavy atom. The van der Waals surface area contributed by atoms with Gasteiger partial charge in [0.15, 0.2) is 0 Å². The van der Waals surface area contributed by atoms with Crippen LogP contribution in [0.2, 0.25) is 0 Å².